The summed E-state index contributed by atoms with van der Waals surface area (Å²) >= 11 is 0. The topological polar surface area (TPSA) is 221 Å². The highest BCUT2D eigenvalue weighted by Crippen LogP contribution is 2.42. The summed E-state index contributed by atoms with van der Waals surface area (Å²) in [6.45, 7) is 0. The molecular weight excluding hydrogens is 330 g/mol. The van der Waals surface area contributed by atoms with Crippen molar-refractivity contribution in [2.45, 2.75) is 25.0 Å². The number of phosphoric ester groups is 1. The molecule has 14 heteroatoms. The fraction of sp³-hybridized carbons (Fsp3) is 0.500. The molecule has 0 saturated carbocycles. The van der Waals surface area contributed by atoms with Crippen molar-refractivity contribution in [3.63, 3.8) is 0 Å². The Kier molecular flexibility index (Phi) is 6.74. The van der Waals surface area contributed by atoms with Crippen LogP contribution in [0.15, 0.2) is 15.8 Å². The molecule has 0 amide bonds. The molecule has 1 saturated heterocycles. The molecule has 3 atom stereocenters. The second kappa shape index (κ2) is 7.21. The Balaban J connectivity index is 0.00000220. The Morgan fingerprint density at radius 2 is 2.00 bits per heavy atom. The molecule has 1 aromatic heterocycles. The summed E-state index contributed by atoms with van der Waals surface area (Å²) in [6, 6.07) is 0. The minimum Gasteiger partial charge on any atom is -0.388 e. The molecule has 128 valence electrons. The molecule has 0 spiro atoms. The van der Waals surface area contributed by atoms with Gasteiger partial charge in [-0.1, -0.05) is 0 Å². The van der Waals surface area contributed by atoms with Crippen LogP contribution in [0.5, 0.6) is 0 Å². The first-order valence-corrected chi connectivity index (χ1v) is 6.79. The first-order chi connectivity index (χ1) is 9.17. The van der Waals surface area contributed by atoms with Crippen LogP contribution in [-0.2, 0) is 13.8 Å². The first-order valence-electron chi connectivity index (χ1n) is 5.26. The van der Waals surface area contributed by atoms with Gasteiger partial charge in [0, 0.05) is 6.42 Å². The smallest absolute Gasteiger partial charge is 0.388 e. The van der Waals surface area contributed by atoms with Gasteiger partial charge in [-0.3, -0.25) is 18.9 Å². The Hall–Kier alpha value is -1.44. The number of halogens is 1. The minimum absolute atomic E-state index is 0. The molecular formula is C8H16FN4O8P. The van der Waals surface area contributed by atoms with Crippen LogP contribution in [0.1, 0.15) is 12.6 Å². The lowest BCUT2D eigenvalue weighted by atomic mass is 10.2. The van der Waals surface area contributed by atoms with E-state index < -0.39 is 43.5 Å². The molecule has 10 N–H and O–H groups in total. The average molecular weight is 346 g/mol. The quantitative estimate of drug-likeness (QED) is 0.355. The molecule has 1 aromatic rings. The SMILES string of the molecule is N.N.O=c1[nH]c(=O)n(C2CC(O)C(OP(=O)(O)O)O2)cc1F. The number of aromatic nitrogens is 2. The standard InChI is InChI=1S/C8H10FN2O8P.2H3N/c9-3-2-11(8(14)10-6(3)13)5-1-4(12)7(18-5)19-20(15,16)17;;/h2,4-5,7,12H,1H2,(H,10,13,14)(H2,15,16,17);2*1H3. The van der Waals surface area contributed by atoms with Crippen LogP contribution in [0.25, 0.3) is 0 Å². The number of rotatable bonds is 3. The predicted molar refractivity (Wildman–Crippen MR) is 69.0 cm³/mol. The van der Waals surface area contributed by atoms with Crippen molar-refractivity contribution in [1.29, 1.82) is 0 Å². The van der Waals surface area contributed by atoms with Crippen molar-refractivity contribution >= 4 is 7.82 Å². The van der Waals surface area contributed by atoms with Crippen LogP contribution < -0.4 is 23.6 Å². The van der Waals surface area contributed by atoms with Gasteiger partial charge in [-0.05, 0) is 0 Å². The van der Waals surface area contributed by atoms with Gasteiger partial charge >= 0.3 is 13.5 Å². The van der Waals surface area contributed by atoms with Crippen LogP contribution in [0.3, 0.4) is 0 Å². The highest BCUT2D eigenvalue weighted by molar-refractivity contribution is 7.46. The first kappa shape index (κ1) is 20.6. The lowest BCUT2D eigenvalue weighted by Crippen LogP contribution is -2.33. The number of nitrogens with zero attached hydrogens (tertiary/aromatic N) is 1. The van der Waals surface area contributed by atoms with E-state index >= 15 is 0 Å². The molecule has 1 fully saturated rings. The van der Waals surface area contributed by atoms with E-state index in [2.05, 4.69) is 4.52 Å². The van der Waals surface area contributed by atoms with E-state index in [0.717, 1.165) is 0 Å². The maximum absolute atomic E-state index is 13.1. The van der Waals surface area contributed by atoms with Gasteiger partial charge in [0.25, 0.3) is 5.56 Å². The number of aliphatic hydroxyl groups is 1. The molecule has 0 aromatic carbocycles. The maximum Gasteiger partial charge on any atom is 0.472 e. The molecule has 0 aliphatic carbocycles. The Morgan fingerprint density at radius 3 is 2.55 bits per heavy atom. The highest BCUT2D eigenvalue weighted by Gasteiger charge is 2.40. The van der Waals surface area contributed by atoms with E-state index in [-0.39, 0.29) is 18.7 Å². The molecule has 0 bridgehead atoms. The Labute approximate surface area is 121 Å². The fourth-order valence-corrected chi connectivity index (χ4v) is 2.16. The number of phosphoric acid groups is 1. The third kappa shape index (κ3) is 4.53. The predicted octanol–water partition coefficient (Wildman–Crippen LogP) is -1.29. The summed E-state index contributed by atoms with van der Waals surface area (Å²) < 4.78 is 33.5. The molecule has 2 heterocycles. The van der Waals surface area contributed by atoms with Crippen molar-refractivity contribution in [2.24, 2.45) is 0 Å². The molecule has 2 rings (SSSR count). The van der Waals surface area contributed by atoms with Crippen molar-refractivity contribution in [3.05, 3.63) is 32.9 Å². The number of aromatic amines is 1. The summed E-state index contributed by atoms with van der Waals surface area (Å²) in [4.78, 5) is 41.2. The molecule has 1 aliphatic rings. The van der Waals surface area contributed by atoms with Crippen molar-refractivity contribution in [2.75, 3.05) is 0 Å². The van der Waals surface area contributed by atoms with Gasteiger partial charge < -0.3 is 31.9 Å². The zero-order valence-corrected chi connectivity index (χ0v) is 12.0. The van der Waals surface area contributed by atoms with Gasteiger partial charge in [0.15, 0.2) is 6.29 Å². The summed E-state index contributed by atoms with van der Waals surface area (Å²) in [5.41, 5.74) is -2.21. The van der Waals surface area contributed by atoms with E-state index in [1.54, 1.807) is 4.98 Å². The minimum atomic E-state index is -4.90. The molecule has 22 heavy (non-hydrogen) atoms. The number of hydrogen-bond donors (Lipinski definition) is 6. The van der Waals surface area contributed by atoms with Gasteiger partial charge in [-0.15, -0.1) is 0 Å². The maximum atomic E-state index is 13.1. The summed E-state index contributed by atoms with van der Waals surface area (Å²) in [5, 5.41) is 9.52. The van der Waals surface area contributed by atoms with Gasteiger partial charge in [-0.25, -0.2) is 9.36 Å². The van der Waals surface area contributed by atoms with Crippen molar-refractivity contribution < 1.29 is 33.1 Å². The van der Waals surface area contributed by atoms with E-state index in [0.29, 0.717) is 10.8 Å². The number of H-pyrrole nitrogens is 1. The van der Waals surface area contributed by atoms with Crippen LogP contribution in [0.4, 0.5) is 4.39 Å². The highest BCUT2D eigenvalue weighted by atomic mass is 31.2. The molecule has 12 nitrogen and oxygen atoms in total. The second-order valence-corrected chi connectivity index (χ2v) is 5.19. The summed E-state index contributed by atoms with van der Waals surface area (Å²) in [7, 11) is -4.90. The number of ether oxygens (including phenoxy) is 1. The Morgan fingerprint density at radius 1 is 1.41 bits per heavy atom. The fourth-order valence-electron chi connectivity index (χ4n) is 1.70. The molecule has 1 aliphatic heterocycles. The average Bonchev–Trinajstić information content (AvgIpc) is 2.63. The van der Waals surface area contributed by atoms with Crippen LogP contribution in [-0.4, -0.2) is 36.8 Å². The third-order valence-electron chi connectivity index (χ3n) is 2.52. The van der Waals surface area contributed by atoms with E-state index in [4.69, 9.17) is 14.5 Å². The van der Waals surface area contributed by atoms with E-state index in [9.17, 15) is 23.7 Å². The lowest BCUT2D eigenvalue weighted by Gasteiger charge is -2.16. The normalized spacial score (nSPS) is 24.5. The van der Waals surface area contributed by atoms with Gasteiger partial charge in [0.05, 0.1) is 6.20 Å². The summed E-state index contributed by atoms with van der Waals surface area (Å²) in [5.74, 6) is -1.25. The lowest BCUT2D eigenvalue weighted by molar-refractivity contribution is -0.135. The third-order valence-corrected chi connectivity index (χ3v) is 3.01. The second-order valence-electron chi connectivity index (χ2n) is 4.00. The van der Waals surface area contributed by atoms with Crippen LogP contribution >= 0.6 is 7.82 Å². The number of hydrogen-bond acceptors (Lipinski definition) is 8. The van der Waals surface area contributed by atoms with E-state index in [1.165, 1.54) is 0 Å². The number of aliphatic hydroxyl groups excluding tert-OH is 1. The van der Waals surface area contributed by atoms with Gasteiger partial charge in [0.2, 0.25) is 5.82 Å². The molecule has 0 radical (unpaired) electrons. The monoisotopic (exact) mass is 346 g/mol. The zero-order valence-electron chi connectivity index (χ0n) is 11.1. The Bertz CT molecular complexity index is 671. The van der Waals surface area contributed by atoms with Gasteiger partial charge in [-0.2, -0.15) is 4.39 Å². The van der Waals surface area contributed by atoms with Crippen LogP contribution in [0.2, 0.25) is 0 Å². The molecule has 3 unspecified atom stereocenters. The van der Waals surface area contributed by atoms with Crippen LogP contribution in [0, 0.1) is 5.82 Å². The largest absolute Gasteiger partial charge is 0.472 e. The van der Waals surface area contributed by atoms with E-state index in [1.807, 2.05) is 0 Å². The van der Waals surface area contributed by atoms with Crippen molar-refractivity contribution in [3.8, 4) is 0 Å². The number of nitrogens with one attached hydrogen (secondary N) is 1. The zero-order chi connectivity index (χ0) is 15.1. The summed E-state index contributed by atoms with van der Waals surface area (Å²) in [6.07, 6.45) is -4.06. The van der Waals surface area contributed by atoms with Crippen molar-refractivity contribution in [1.82, 2.24) is 21.9 Å². The van der Waals surface area contributed by atoms with Gasteiger partial charge in [0.1, 0.15) is 12.3 Å².